The lowest BCUT2D eigenvalue weighted by atomic mass is 9.90. The molecule has 0 amide bonds. The summed E-state index contributed by atoms with van der Waals surface area (Å²) in [6.07, 6.45) is -1.59. The van der Waals surface area contributed by atoms with E-state index in [0.717, 1.165) is 5.56 Å². The zero-order chi connectivity index (χ0) is 14.3. The number of aliphatic imine (C=N–C) groups is 1. The van der Waals surface area contributed by atoms with Crippen molar-refractivity contribution in [1.82, 2.24) is 5.32 Å². The number of carbonyl (C=O) groups excluding carboxylic acids is 1. The largest absolute Gasteiger partial charge is 0.466 e. The molecule has 104 valence electrons. The topological polar surface area (TPSA) is 91.2 Å². The number of fused-ring (bicyclic) bond motifs is 3. The molecular weight excluding hydrogens is 260 g/mol. The predicted octanol–water partition coefficient (Wildman–Crippen LogP) is -0.0182. The van der Waals surface area contributed by atoms with Gasteiger partial charge in [-0.25, -0.2) is 4.79 Å². The van der Waals surface area contributed by atoms with Crippen LogP contribution in [0.2, 0.25) is 0 Å². The number of rotatable bonds is 2. The van der Waals surface area contributed by atoms with E-state index in [1.54, 1.807) is 0 Å². The predicted molar refractivity (Wildman–Crippen MR) is 72.5 cm³/mol. The van der Waals surface area contributed by atoms with Crippen LogP contribution in [0.1, 0.15) is 5.56 Å². The summed E-state index contributed by atoms with van der Waals surface area (Å²) >= 11 is 0. The molecule has 1 unspecified atom stereocenters. The fourth-order valence-electron chi connectivity index (χ4n) is 2.59. The number of para-hydroxylation sites is 1. The molecule has 0 bridgehead atoms. The lowest BCUT2D eigenvalue weighted by Crippen LogP contribution is -2.50. The fourth-order valence-corrected chi connectivity index (χ4v) is 2.59. The van der Waals surface area contributed by atoms with Gasteiger partial charge in [-0.05, 0) is 6.07 Å². The van der Waals surface area contributed by atoms with Crippen molar-refractivity contribution in [3.63, 3.8) is 0 Å². The van der Waals surface area contributed by atoms with Crippen molar-refractivity contribution in [1.29, 1.82) is 0 Å². The van der Waals surface area contributed by atoms with E-state index in [0.29, 0.717) is 22.5 Å². The molecule has 0 spiro atoms. The van der Waals surface area contributed by atoms with Gasteiger partial charge in [0.1, 0.15) is 6.04 Å². The minimum absolute atomic E-state index is 0.206. The summed E-state index contributed by atoms with van der Waals surface area (Å²) in [7, 11) is 1.32. The van der Waals surface area contributed by atoms with Crippen LogP contribution in [0.4, 0.5) is 5.69 Å². The third-order valence-electron chi connectivity index (χ3n) is 3.50. The molecule has 0 saturated carbocycles. The van der Waals surface area contributed by atoms with Gasteiger partial charge in [-0.1, -0.05) is 18.2 Å². The minimum Gasteiger partial charge on any atom is -0.466 e. The molecule has 2 aliphatic heterocycles. The van der Waals surface area contributed by atoms with E-state index < -0.39 is 18.3 Å². The molecule has 3 N–H and O–H groups in total. The first-order chi connectivity index (χ1) is 9.63. The van der Waals surface area contributed by atoms with Crippen LogP contribution < -0.4 is 5.32 Å². The van der Waals surface area contributed by atoms with Crippen molar-refractivity contribution in [2.24, 2.45) is 4.99 Å². The van der Waals surface area contributed by atoms with Gasteiger partial charge in [0.2, 0.25) is 0 Å². The van der Waals surface area contributed by atoms with Crippen molar-refractivity contribution in [3.05, 3.63) is 35.4 Å². The van der Waals surface area contributed by atoms with Crippen LogP contribution in [-0.4, -0.2) is 47.9 Å². The maximum atomic E-state index is 11.9. The highest BCUT2D eigenvalue weighted by Crippen LogP contribution is 2.39. The lowest BCUT2D eigenvalue weighted by molar-refractivity contribution is -0.136. The number of hydrogen-bond acceptors (Lipinski definition) is 6. The molecule has 20 heavy (non-hydrogen) atoms. The van der Waals surface area contributed by atoms with Crippen LogP contribution in [0.15, 0.2) is 34.8 Å². The quantitative estimate of drug-likeness (QED) is 0.521. The van der Waals surface area contributed by atoms with E-state index in [2.05, 4.69) is 10.3 Å². The normalized spacial score (nSPS) is 20.6. The monoisotopic (exact) mass is 274 g/mol. The Kier molecular flexibility index (Phi) is 3.13. The smallest absolute Gasteiger partial charge is 0.335 e. The van der Waals surface area contributed by atoms with Gasteiger partial charge in [0.25, 0.3) is 0 Å². The second-order valence-electron chi connectivity index (χ2n) is 4.63. The van der Waals surface area contributed by atoms with Crippen molar-refractivity contribution in [3.8, 4) is 0 Å². The molecule has 2 aliphatic rings. The van der Waals surface area contributed by atoms with E-state index in [1.807, 2.05) is 24.3 Å². The van der Waals surface area contributed by atoms with Crippen molar-refractivity contribution < 1.29 is 19.7 Å². The molecule has 0 fully saturated rings. The van der Waals surface area contributed by atoms with Gasteiger partial charge < -0.3 is 20.3 Å². The van der Waals surface area contributed by atoms with Crippen LogP contribution in [0.3, 0.4) is 0 Å². The zero-order valence-electron chi connectivity index (χ0n) is 10.8. The molecule has 2 heterocycles. The van der Waals surface area contributed by atoms with E-state index >= 15 is 0 Å². The summed E-state index contributed by atoms with van der Waals surface area (Å²) in [5.74, 6) is -0.442. The molecule has 0 radical (unpaired) electrons. The van der Waals surface area contributed by atoms with Gasteiger partial charge in [-0.3, -0.25) is 4.99 Å². The molecule has 6 nitrogen and oxygen atoms in total. The standard InChI is InChI=1S/C14H14N2O4/c1-20-14(19)8-6-15-12(13(17)18)11-10(8)7-4-2-3-5-9(7)16-11/h2-5,12-13,15,17-18H,6H2,1H3. The third kappa shape index (κ3) is 1.85. The number of ether oxygens (including phenoxy) is 1. The Labute approximate surface area is 115 Å². The Balaban J connectivity index is 2.19. The highest BCUT2D eigenvalue weighted by molar-refractivity contribution is 6.35. The molecule has 0 aliphatic carbocycles. The number of nitrogens with zero attached hydrogens (tertiary/aromatic N) is 1. The summed E-state index contributed by atoms with van der Waals surface area (Å²) in [6.45, 7) is 0.206. The van der Waals surface area contributed by atoms with Crippen molar-refractivity contribution >= 4 is 22.9 Å². The number of hydrogen-bond donors (Lipinski definition) is 3. The lowest BCUT2D eigenvalue weighted by Gasteiger charge is -2.28. The Morgan fingerprint density at radius 1 is 1.45 bits per heavy atom. The first kappa shape index (κ1) is 13.0. The molecule has 0 saturated heterocycles. The van der Waals surface area contributed by atoms with E-state index in [9.17, 15) is 15.0 Å². The number of carbonyl (C=O) groups is 1. The Morgan fingerprint density at radius 2 is 2.20 bits per heavy atom. The van der Waals surface area contributed by atoms with E-state index in [-0.39, 0.29) is 6.54 Å². The summed E-state index contributed by atoms with van der Waals surface area (Å²) in [5, 5.41) is 21.8. The molecule has 0 aromatic heterocycles. The Bertz CT molecular complexity index is 634. The van der Waals surface area contributed by atoms with Gasteiger partial charge in [-0.15, -0.1) is 0 Å². The summed E-state index contributed by atoms with van der Waals surface area (Å²) in [6, 6.07) is 6.66. The van der Waals surface area contributed by atoms with Gasteiger partial charge in [0, 0.05) is 17.7 Å². The number of esters is 1. The van der Waals surface area contributed by atoms with E-state index in [4.69, 9.17) is 4.74 Å². The molecule has 6 heteroatoms. The average molecular weight is 274 g/mol. The zero-order valence-corrected chi connectivity index (χ0v) is 10.8. The van der Waals surface area contributed by atoms with Gasteiger partial charge >= 0.3 is 5.97 Å². The number of aliphatic hydroxyl groups is 2. The SMILES string of the molecule is COC(=O)C1=C2C(=Nc3ccccc32)C(C(O)O)NC1. The Hall–Kier alpha value is -2.02. The summed E-state index contributed by atoms with van der Waals surface area (Å²) in [4.78, 5) is 16.3. The second-order valence-corrected chi connectivity index (χ2v) is 4.63. The highest BCUT2D eigenvalue weighted by atomic mass is 16.5. The average Bonchev–Trinajstić information content (AvgIpc) is 2.84. The molecule has 1 atom stereocenters. The molecule has 3 rings (SSSR count). The summed E-state index contributed by atoms with van der Waals surface area (Å²) < 4.78 is 4.79. The van der Waals surface area contributed by atoms with Crippen LogP contribution in [0.5, 0.6) is 0 Å². The molecule has 1 aromatic rings. The number of aliphatic hydroxyl groups excluding tert-OH is 1. The van der Waals surface area contributed by atoms with E-state index in [1.165, 1.54) is 7.11 Å². The van der Waals surface area contributed by atoms with Gasteiger partial charge in [0.05, 0.1) is 24.1 Å². The maximum absolute atomic E-state index is 11.9. The molecular formula is C14H14N2O4. The molecule has 1 aromatic carbocycles. The number of benzene rings is 1. The maximum Gasteiger partial charge on any atom is 0.335 e. The fraction of sp³-hybridized carbons (Fsp3) is 0.286. The first-order valence-corrected chi connectivity index (χ1v) is 6.23. The van der Waals surface area contributed by atoms with Crippen LogP contribution >= 0.6 is 0 Å². The van der Waals surface area contributed by atoms with Gasteiger partial charge in [0.15, 0.2) is 6.29 Å². The number of nitrogens with one attached hydrogen (secondary N) is 1. The van der Waals surface area contributed by atoms with Crippen LogP contribution in [0, 0.1) is 0 Å². The van der Waals surface area contributed by atoms with Crippen molar-refractivity contribution in [2.75, 3.05) is 13.7 Å². The number of methoxy groups -OCH3 is 1. The van der Waals surface area contributed by atoms with Crippen molar-refractivity contribution in [2.45, 2.75) is 12.3 Å². The third-order valence-corrected chi connectivity index (χ3v) is 3.50. The highest BCUT2D eigenvalue weighted by Gasteiger charge is 2.38. The Morgan fingerprint density at radius 3 is 2.90 bits per heavy atom. The first-order valence-electron chi connectivity index (χ1n) is 6.23. The summed E-state index contributed by atoms with van der Waals surface area (Å²) in [5.41, 5.74) is 3.09. The van der Waals surface area contributed by atoms with Crippen LogP contribution in [0.25, 0.3) is 5.57 Å². The van der Waals surface area contributed by atoms with Gasteiger partial charge in [-0.2, -0.15) is 0 Å². The second kappa shape index (κ2) is 4.82. The minimum atomic E-state index is -1.59. The van der Waals surface area contributed by atoms with Crippen LogP contribution in [-0.2, 0) is 9.53 Å².